The standard InChI is InChI=1S/C49H29N3O3/c1-3-11-30(12-4-1)49-50-48-44(55-49)26-25-43-47(48)38-23-20-34(29-46(38)54-43)51(33-19-22-37-36-16-8-10-18-42(36)53-45(37)28-33)32-21-24-41-39(27-32)35-15-7-9-17-40(35)52(41)31-13-5-2-6-14-31/h1-29H. The van der Waals surface area contributed by atoms with Crippen LogP contribution in [0.2, 0.25) is 0 Å². The molecule has 0 aliphatic carbocycles. The molecular formula is C49H29N3O3. The molecule has 0 atom stereocenters. The minimum absolute atomic E-state index is 0.588. The quantitative estimate of drug-likeness (QED) is 0.178. The van der Waals surface area contributed by atoms with Crippen molar-refractivity contribution in [3.8, 4) is 17.1 Å². The van der Waals surface area contributed by atoms with Crippen molar-refractivity contribution in [1.29, 1.82) is 0 Å². The van der Waals surface area contributed by atoms with Crippen LogP contribution in [-0.2, 0) is 0 Å². The second kappa shape index (κ2) is 11.5. The van der Waals surface area contributed by atoms with Crippen molar-refractivity contribution in [2.75, 3.05) is 4.90 Å². The highest BCUT2D eigenvalue weighted by molar-refractivity contribution is 6.17. The van der Waals surface area contributed by atoms with Gasteiger partial charge in [0, 0.05) is 67.4 Å². The van der Waals surface area contributed by atoms with E-state index in [1.165, 1.54) is 10.8 Å². The van der Waals surface area contributed by atoms with Gasteiger partial charge in [-0.2, -0.15) is 0 Å². The molecule has 12 rings (SSSR count). The molecule has 4 aromatic heterocycles. The smallest absolute Gasteiger partial charge is 0.227 e. The second-order valence-electron chi connectivity index (χ2n) is 14.0. The molecule has 0 spiro atoms. The van der Waals surface area contributed by atoms with Gasteiger partial charge in [-0.15, -0.1) is 0 Å². The Morgan fingerprint density at radius 1 is 0.400 bits per heavy atom. The molecule has 6 nitrogen and oxygen atoms in total. The number of rotatable bonds is 5. The Labute approximate surface area is 313 Å². The molecule has 0 amide bonds. The summed E-state index contributed by atoms with van der Waals surface area (Å²) in [6.07, 6.45) is 0. The lowest BCUT2D eigenvalue weighted by molar-refractivity contribution is 0.619. The van der Waals surface area contributed by atoms with Crippen LogP contribution in [-0.4, -0.2) is 9.55 Å². The minimum Gasteiger partial charge on any atom is -0.456 e. The third-order valence-corrected chi connectivity index (χ3v) is 10.8. The van der Waals surface area contributed by atoms with E-state index in [1.807, 2.05) is 54.6 Å². The Bertz CT molecular complexity index is 3440. The molecule has 0 fully saturated rings. The normalized spacial score (nSPS) is 12.0. The number of furan rings is 2. The highest BCUT2D eigenvalue weighted by Gasteiger charge is 2.22. The van der Waals surface area contributed by atoms with Crippen molar-refractivity contribution >= 4 is 93.8 Å². The Balaban J connectivity index is 1.08. The predicted octanol–water partition coefficient (Wildman–Crippen LogP) is 13.9. The summed E-state index contributed by atoms with van der Waals surface area (Å²) in [5, 5.41) is 6.46. The van der Waals surface area contributed by atoms with E-state index in [0.29, 0.717) is 5.89 Å². The summed E-state index contributed by atoms with van der Waals surface area (Å²) < 4.78 is 21.6. The van der Waals surface area contributed by atoms with Crippen LogP contribution in [0.4, 0.5) is 17.1 Å². The maximum atomic E-state index is 6.60. The Kier molecular flexibility index (Phi) is 6.24. The highest BCUT2D eigenvalue weighted by Crippen LogP contribution is 2.44. The number of nitrogens with zero attached hydrogens (tertiary/aromatic N) is 3. The molecular weight excluding hydrogens is 679 g/mol. The van der Waals surface area contributed by atoms with E-state index in [1.54, 1.807) is 0 Å². The van der Waals surface area contributed by atoms with Crippen LogP contribution in [0.1, 0.15) is 0 Å². The van der Waals surface area contributed by atoms with Gasteiger partial charge >= 0.3 is 0 Å². The molecule has 0 radical (unpaired) electrons. The molecule has 4 heterocycles. The largest absolute Gasteiger partial charge is 0.456 e. The topological polar surface area (TPSA) is 60.5 Å². The number of oxazole rings is 1. The summed E-state index contributed by atoms with van der Waals surface area (Å²) in [5.41, 5.74) is 12.0. The molecule has 0 bridgehead atoms. The summed E-state index contributed by atoms with van der Waals surface area (Å²) >= 11 is 0. The molecule has 0 N–H and O–H groups in total. The van der Waals surface area contributed by atoms with Gasteiger partial charge in [0.25, 0.3) is 0 Å². The minimum atomic E-state index is 0.588. The number of anilines is 3. The van der Waals surface area contributed by atoms with E-state index in [9.17, 15) is 0 Å². The fourth-order valence-electron chi connectivity index (χ4n) is 8.34. The molecule has 0 aliphatic rings. The van der Waals surface area contributed by atoms with Gasteiger partial charge in [0.2, 0.25) is 5.89 Å². The van der Waals surface area contributed by atoms with Crippen LogP contribution in [0.15, 0.2) is 189 Å². The zero-order valence-corrected chi connectivity index (χ0v) is 29.3. The third kappa shape index (κ3) is 4.52. The van der Waals surface area contributed by atoms with E-state index >= 15 is 0 Å². The number of hydrogen-bond donors (Lipinski definition) is 0. The van der Waals surface area contributed by atoms with Gasteiger partial charge in [-0.1, -0.05) is 72.8 Å². The van der Waals surface area contributed by atoms with Crippen LogP contribution >= 0.6 is 0 Å². The Morgan fingerprint density at radius 2 is 1.00 bits per heavy atom. The molecule has 55 heavy (non-hydrogen) atoms. The van der Waals surface area contributed by atoms with Crippen LogP contribution in [0.25, 0.3) is 93.9 Å². The van der Waals surface area contributed by atoms with Crippen molar-refractivity contribution in [2.45, 2.75) is 0 Å². The Hall–Kier alpha value is -7.57. The van der Waals surface area contributed by atoms with E-state index in [2.05, 4.69) is 131 Å². The number of para-hydroxylation sites is 3. The zero-order chi connectivity index (χ0) is 36.0. The van der Waals surface area contributed by atoms with Crippen LogP contribution in [0.3, 0.4) is 0 Å². The summed E-state index contributed by atoms with van der Waals surface area (Å²) in [6, 6.07) is 60.9. The van der Waals surface area contributed by atoms with Gasteiger partial charge in [-0.3, -0.25) is 0 Å². The van der Waals surface area contributed by atoms with Crippen LogP contribution in [0, 0.1) is 0 Å². The summed E-state index contributed by atoms with van der Waals surface area (Å²) in [7, 11) is 0. The van der Waals surface area contributed by atoms with Gasteiger partial charge in [0.15, 0.2) is 5.58 Å². The molecule has 8 aromatic carbocycles. The first-order chi connectivity index (χ1) is 27.2. The van der Waals surface area contributed by atoms with Gasteiger partial charge < -0.3 is 22.7 Å². The fraction of sp³-hybridized carbons (Fsp3) is 0. The second-order valence-corrected chi connectivity index (χ2v) is 14.0. The molecule has 0 unspecified atom stereocenters. The van der Waals surface area contributed by atoms with E-state index in [0.717, 1.165) is 94.3 Å². The monoisotopic (exact) mass is 707 g/mol. The average Bonchev–Trinajstić information content (AvgIpc) is 4.01. The van der Waals surface area contributed by atoms with Crippen molar-refractivity contribution < 1.29 is 13.3 Å². The van der Waals surface area contributed by atoms with Gasteiger partial charge in [0.05, 0.1) is 16.4 Å². The van der Waals surface area contributed by atoms with Crippen molar-refractivity contribution in [1.82, 2.24) is 9.55 Å². The molecule has 0 saturated carbocycles. The predicted molar refractivity (Wildman–Crippen MR) is 223 cm³/mol. The lowest BCUT2D eigenvalue weighted by Crippen LogP contribution is -2.09. The molecule has 258 valence electrons. The van der Waals surface area contributed by atoms with Gasteiger partial charge in [0.1, 0.15) is 27.8 Å². The first-order valence-electron chi connectivity index (χ1n) is 18.4. The van der Waals surface area contributed by atoms with Crippen molar-refractivity contribution in [3.63, 3.8) is 0 Å². The lowest BCUT2D eigenvalue weighted by atomic mass is 10.1. The number of fused-ring (bicyclic) bond motifs is 11. The highest BCUT2D eigenvalue weighted by atomic mass is 16.4. The number of benzene rings is 8. The fourth-order valence-corrected chi connectivity index (χ4v) is 8.34. The molecule has 12 aromatic rings. The summed E-state index contributed by atoms with van der Waals surface area (Å²) in [6.45, 7) is 0. The van der Waals surface area contributed by atoms with Crippen LogP contribution in [0.5, 0.6) is 0 Å². The van der Waals surface area contributed by atoms with Gasteiger partial charge in [-0.25, -0.2) is 4.98 Å². The average molecular weight is 708 g/mol. The summed E-state index contributed by atoms with van der Waals surface area (Å²) in [5.74, 6) is 0.588. The van der Waals surface area contributed by atoms with Crippen molar-refractivity contribution in [3.05, 3.63) is 176 Å². The summed E-state index contributed by atoms with van der Waals surface area (Å²) in [4.78, 5) is 7.25. The Morgan fingerprint density at radius 3 is 1.84 bits per heavy atom. The van der Waals surface area contributed by atoms with E-state index in [4.69, 9.17) is 18.2 Å². The molecule has 0 saturated heterocycles. The van der Waals surface area contributed by atoms with E-state index < -0.39 is 0 Å². The van der Waals surface area contributed by atoms with Crippen molar-refractivity contribution in [2.24, 2.45) is 0 Å². The third-order valence-electron chi connectivity index (χ3n) is 10.8. The molecule has 6 heteroatoms. The lowest BCUT2D eigenvalue weighted by Gasteiger charge is -2.25. The maximum Gasteiger partial charge on any atom is 0.227 e. The van der Waals surface area contributed by atoms with Gasteiger partial charge in [-0.05, 0) is 91.0 Å². The zero-order valence-electron chi connectivity index (χ0n) is 29.3. The number of hydrogen-bond acceptors (Lipinski definition) is 5. The van der Waals surface area contributed by atoms with Crippen LogP contribution < -0.4 is 4.90 Å². The maximum absolute atomic E-state index is 6.60. The van der Waals surface area contributed by atoms with E-state index in [-0.39, 0.29) is 0 Å². The first kappa shape index (κ1) is 29.9. The number of aromatic nitrogens is 2. The first-order valence-corrected chi connectivity index (χ1v) is 18.4. The molecule has 0 aliphatic heterocycles. The SMILES string of the molecule is c1ccc(-c2nc3c(ccc4oc5cc(N(c6ccc7c(c6)oc6ccccc67)c6ccc7c(c6)c6ccccc6n7-c6ccccc6)ccc5c43)o2)cc1.